The Labute approximate surface area is 149 Å². The predicted molar refractivity (Wildman–Crippen MR) is 92.3 cm³/mol. The van der Waals surface area contributed by atoms with Crippen molar-refractivity contribution in [1.29, 1.82) is 0 Å². The van der Waals surface area contributed by atoms with Crippen molar-refractivity contribution >= 4 is 12.0 Å². The van der Waals surface area contributed by atoms with E-state index in [1.54, 1.807) is 0 Å². The number of ether oxygens (including phenoxy) is 2. The number of likely N-dealkylation sites (N-methyl/N-ethyl adjacent to an activating group) is 1. The summed E-state index contributed by atoms with van der Waals surface area (Å²) in [6, 6.07) is 0.180. The third kappa shape index (κ3) is 6.13. The van der Waals surface area contributed by atoms with Gasteiger partial charge in [-0.2, -0.15) is 0 Å². The highest BCUT2D eigenvalue weighted by Gasteiger charge is 2.35. The molecule has 0 radical (unpaired) electrons. The zero-order chi connectivity index (χ0) is 18.4. The number of carbonyl (C=O) groups excluding carboxylic acids is 1. The first-order valence-corrected chi connectivity index (χ1v) is 9.09. The van der Waals surface area contributed by atoms with Crippen molar-refractivity contribution in [3.63, 3.8) is 0 Å². The molecule has 0 aromatic carbocycles. The summed E-state index contributed by atoms with van der Waals surface area (Å²) in [5, 5.41) is 14.7. The normalized spacial score (nSPS) is 26.1. The molecular weight excluding hydrogens is 326 g/mol. The second-order valence-electron chi connectivity index (χ2n) is 7.27. The molecule has 1 unspecified atom stereocenters. The lowest BCUT2D eigenvalue weighted by atomic mass is 9.85. The van der Waals surface area contributed by atoms with Crippen LogP contribution in [0.5, 0.6) is 0 Å². The van der Waals surface area contributed by atoms with Gasteiger partial charge in [-0.25, -0.2) is 4.79 Å². The fourth-order valence-corrected chi connectivity index (χ4v) is 3.56. The Morgan fingerprint density at radius 2 is 1.96 bits per heavy atom. The van der Waals surface area contributed by atoms with Crippen LogP contribution in [0.25, 0.3) is 0 Å². The van der Waals surface area contributed by atoms with Crippen LogP contribution in [0.2, 0.25) is 0 Å². The Hall–Kier alpha value is -1.38. The summed E-state index contributed by atoms with van der Waals surface area (Å²) in [5.41, 5.74) is 0. The van der Waals surface area contributed by atoms with Gasteiger partial charge in [0.2, 0.25) is 0 Å². The molecule has 1 aliphatic heterocycles. The smallest absolute Gasteiger partial charge is 0.317 e. The standard InChI is InChI=1S/C17H31N3O5/c1-4-20(11-15(21)22)14-7-13(8-14)19-16(23)18-10-12(2)9-17(3)24-5-6-25-17/h12-14H,4-11H2,1-3H3,(H,21,22)(H2,18,19,23). The third-order valence-electron chi connectivity index (χ3n) is 4.94. The maximum atomic E-state index is 12.0. The highest BCUT2D eigenvalue weighted by atomic mass is 16.7. The van der Waals surface area contributed by atoms with Crippen LogP contribution in [0.15, 0.2) is 0 Å². The molecule has 1 aliphatic carbocycles. The van der Waals surface area contributed by atoms with Gasteiger partial charge in [0.25, 0.3) is 0 Å². The van der Waals surface area contributed by atoms with Crippen molar-refractivity contribution < 1.29 is 24.2 Å². The van der Waals surface area contributed by atoms with Crippen LogP contribution >= 0.6 is 0 Å². The molecule has 0 spiro atoms. The van der Waals surface area contributed by atoms with Gasteiger partial charge in [0, 0.05) is 25.0 Å². The third-order valence-corrected chi connectivity index (χ3v) is 4.94. The van der Waals surface area contributed by atoms with E-state index < -0.39 is 11.8 Å². The van der Waals surface area contributed by atoms with Crippen LogP contribution < -0.4 is 10.6 Å². The van der Waals surface area contributed by atoms with E-state index in [0.29, 0.717) is 26.3 Å². The van der Waals surface area contributed by atoms with Crippen LogP contribution in [0, 0.1) is 5.92 Å². The summed E-state index contributed by atoms with van der Waals surface area (Å²) in [7, 11) is 0. The minimum Gasteiger partial charge on any atom is -0.480 e. The first kappa shape index (κ1) is 19.9. The van der Waals surface area contributed by atoms with Crippen LogP contribution in [0.4, 0.5) is 4.79 Å². The van der Waals surface area contributed by atoms with E-state index in [1.807, 2.05) is 18.7 Å². The molecule has 1 atom stereocenters. The maximum absolute atomic E-state index is 12.0. The van der Waals surface area contributed by atoms with E-state index in [2.05, 4.69) is 17.6 Å². The Bertz CT molecular complexity index is 461. The molecular formula is C17H31N3O5. The van der Waals surface area contributed by atoms with E-state index in [0.717, 1.165) is 19.3 Å². The van der Waals surface area contributed by atoms with Crippen LogP contribution in [0.1, 0.15) is 40.0 Å². The molecule has 8 nitrogen and oxygen atoms in total. The molecule has 144 valence electrons. The van der Waals surface area contributed by atoms with Crippen molar-refractivity contribution in [2.75, 3.05) is 32.8 Å². The predicted octanol–water partition coefficient (Wildman–Crippen LogP) is 1.01. The van der Waals surface area contributed by atoms with Crippen molar-refractivity contribution in [1.82, 2.24) is 15.5 Å². The molecule has 2 rings (SSSR count). The number of nitrogens with one attached hydrogen (secondary N) is 2. The molecule has 0 aromatic rings. The van der Waals surface area contributed by atoms with Gasteiger partial charge in [-0.1, -0.05) is 13.8 Å². The summed E-state index contributed by atoms with van der Waals surface area (Å²) in [4.78, 5) is 24.8. The van der Waals surface area contributed by atoms with Crippen molar-refractivity contribution in [2.24, 2.45) is 5.92 Å². The number of carbonyl (C=O) groups is 2. The lowest BCUT2D eigenvalue weighted by Gasteiger charge is -2.42. The lowest BCUT2D eigenvalue weighted by molar-refractivity contribution is -0.153. The SMILES string of the molecule is CCN(CC(=O)O)C1CC(NC(=O)NCC(C)CC2(C)OCCO2)C1. The van der Waals surface area contributed by atoms with E-state index in [4.69, 9.17) is 14.6 Å². The van der Waals surface area contributed by atoms with Crippen LogP contribution in [0.3, 0.4) is 0 Å². The molecule has 0 bridgehead atoms. The summed E-state index contributed by atoms with van der Waals surface area (Å²) >= 11 is 0. The molecule has 1 heterocycles. The Morgan fingerprint density at radius 1 is 1.32 bits per heavy atom. The molecule has 0 aromatic heterocycles. The van der Waals surface area contributed by atoms with Crippen LogP contribution in [-0.4, -0.2) is 72.7 Å². The molecule has 2 fully saturated rings. The second-order valence-corrected chi connectivity index (χ2v) is 7.27. The van der Waals surface area contributed by atoms with Crippen molar-refractivity contribution in [3.8, 4) is 0 Å². The molecule has 1 saturated heterocycles. The Balaban J connectivity index is 1.61. The van der Waals surface area contributed by atoms with Crippen LogP contribution in [-0.2, 0) is 14.3 Å². The van der Waals surface area contributed by atoms with Crippen molar-refractivity contribution in [3.05, 3.63) is 0 Å². The monoisotopic (exact) mass is 357 g/mol. The molecule has 3 N–H and O–H groups in total. The zero-order valence-corrected chi connectivity index (χ0v) is 15.4. The maximum Gasteiger partial charge on any atom is 0.317 e. The first-order valence-electron chi connectivity index (χ1n) is 9.09. The van der Waals surface area contributed by atoms with E-state index >= 15 is 0 Å². The highest BCUT2D eigenvalue weighted by Crippen LogP contribution is 2.27. The number of hydrogen-bond donors (Lipinski definition) is 3. The molecule has 2 aliphatic rings. The number of carboxylic acid groups (broad SMARTS) is 1. The van der Waals surface area contributed by atoms with E-state index in [-0.39, 0.29) is 30.6 Å². The summed E-state index contributed by atoms with van der Waals surface area (Å²) in [6.07, 6.45) is 2.33. The number of nitrogens with zero attached hydrogens (tertiary/aromatic N) is 1. The Kier molecular flexibility index (Phi) is 7.04. The largest absolute Gasteiger partial charge is 0.480 e. The average Bonchev–Trinajstić information content (AvgIpc) is 2.92. The van der Waals surface area contributed by atoms with Gasteiger partial charge in [0.1, 0.15) is 0 Å². The van der Waals surface area contributed by atoms with Gasteiger partial charge >= 0.3 is 12.0 Å². The lowest BCUT2D eigenvalue weighted by Crippen LogP contribution is -2.56. The van der Waals surface area contributed by atoms with Crippen molar-refractivity contribution in [2.45, 2.75) is 57.9 Å². The van der Waals surface area contributed by atoms with E-state index in [9.17, 15) is 9.59 Å². The Morgan fingerprint density at radius 3 is 2.52 bits per heavy atom. The fraction of sp³-hybridized carbons (Fsp3) is 0.882. The number of aliphatic carboxylic acids is 1. The van der Waals surface area contributed by atoms with Gasteiger partial charge in [-0.15, -0.1) is 0 Å². The zero-order valence-electron chi connectivity index (χ0n) is 15.4. The van der Waals surface area contributed by atoms with Gasteiger partial charge in [0.05, 0.1) is 19.8 Å². The average molecular weight is 357 g/mol. The van der Waals surface area contributed by atoms with Gasteiger partial charge in [-0.3, -0.25) is 9.69 Å². The second kappa shape index (κ2) is 8.82. The summed E-state index contributed by atoms with van der Waals surface area (Å²) < 4.78 is 11.2. The summed E-state index contributed by atoms with van der Waals surface area (Å²) in [6.45, 7) is 8.51. The fourth-order valence-electron chi connectivity index (χ4n) is 3.56. The summed E-state index contributed by atoms with van der Waals surface area (Å²) in [5.74, 6) is -1.10. The molecule has 25 heavy (non-hydrogen) atoms. The number of hydrogen-bond acceptors (Lipinski definition) is 5. The van der Waals surface area contributed by atoms with Gasteiger partial charge in [-0.05, 0) is 32.2 Å². The molecule has 8 heteroatoms. The quantitative estimate of drug-likeness (QED) is 0.569. The van der Waals surface area contributed by atoms with Gasteiger partial charge in [0.15, 0.2) is 5.79 Å². The van der Waals surface area contributed by atoms with E-state index in [1.165, 1.54) is 0 Å². The molecule has 2 amide bonds. The van der Waals surface area contributed by atoms with Gasteiger partial charge < -0.3 is 25.2 Å². The minimum atomic E-state index is -0.811. The number of urea groups is 1. The topological polar surface area (TPSA) is 100 Å². The number of rotatable bonds is 9. The highest BCUT2D eigenvalue weighted by molar-refractivity contribution is 5.74. The first-order chi connectivity index (χ1) is 11.8. The number of carboxylic acids is 1. The number of amides is 2. The molecule has 1 saturated carbocycles. The minimum absolute atomic E-state index is 0.0561.